The molecule has 1 aliphatic heterocycles. The summed E-state index contributed by atoms with van der Waals surface area (Å²) in [5.74, 6) is -0.764. The van der Waals surface area contributed by atoms with Gasteiger partial charge in [-0.15, -0.1) is 0 Å². The molecule has 1 aromatic heterocycles. The van der Waals surface area contributed by atoms with Crippen LogP contribution in [0.2, 0.25) is 0 Å². The largest absolute Gasteiger partial charge is 0.465 e. The summed E-state index contributed by atoms with van der Waals surface area (Å²) in [4.78, 5) is 30.3. The number of carbonyl (C=O) groups is 1. The number of esters is 1. The first kappa shape index (κ1) is 20.5. The van der Waals surface area contributed by atoms with Crippen LogP contribution in [0, 0.1) is 17.0 Å². The molecule has 0 radical (unpaired) electrons. The minimum absolute atomic E-state index is 0.103. The first-order chi connectivity index (χ1) is 15.0. The highest BCUT2D eigenvalue weighted by atomic mass is 16.6. The van der Waals surface area contributed by atoms with Gasteiger partial charge in [-0.25, -0.2) is 4.79 Å². The fourth-order valence-corrected chi connectivity index (χ4v) is 3.76. The van der Waals surface area contributed by atoms with Gasteiger partial charge in [-0.1, -0.05) is 18.2 Å². The third kappa shape index (κ3) is 3.99. The van der Waals surface area contributed by atoms with Crippen molar-refractivity contribution in [3.8, 4) is 0 Å². The van der Waals surface area contributed by atoms with Gasteiger partial charge in [0, 0.05) is 36.0 Å². The zero-order valence-corrected chi connectivity index (χ0v) is 17.3. The molecule has 0 unspecified atom stereocenters. The molecule has 0 aliphatic carbocycles. The molecule has 31 heavy (non-hydrogen) atoms. The van der Waals surface area contributed by atoms with E-state index in [1.54, 1.807) is 18.3 Å². The number of benzene rings is 2. The highest BCUT2D eigenvalue weighted by Crippen LogP contribution is 2.38. The second-order valence-electron chi connectivity index (χ2n) is 7.19. The standard InChI is InChI=1S/C22H22N4O5/c1-14-4-3-5-16-18(6-7-23-20(14)16)24-19-13-15(25-8-10-31-11-9-25)12-17(22(27)30-2)21(19)26(28)29/h3-7,12-13H,8-11H2,1-2H3,(H,23,24). The van der Waals surface area contributed by atoms with Gasteiger partial charge in [0.15, 0.2) is 0 Å². The van der Waals surface area contributed by atoms with Crippen LogP contribution in [0.5, 0.6) is 0 Å². The van der Waals surface area contributed by atoms with Crippen LogP contribution in [0.3, 0.4) is 0 Å². The molecular weight excluding hydrogens is 400 g/mol. The second-order valence-corrected chi connectivity index (χ2v) is 7.19. The third-order valence-corrected chi connectivity index (χ3v) is 5.30. The lowest BCUT2D eigenvalue weighted by Gasteiger charge is -2.29. The number of anilines is 3. The van der Waals surface area contributed by atoms with Crippen LogP contribution in [0.25, 0.3) is 10.9 Å². The number of rotatable bonds is 5. The first-order valence-corrected chi connectivity index (χ1v) is 9.84. The second kappa shape index (κ2) is 8.57. The number of fused-ring (bicyclic) bond motifs is 1. The highest BCUT2D eigenvalue weighted by molar-refractivity contribution is 6.01. The molecule has 1 fully saturated rings. The van der Waals surface area contributed by atoms with Crippen LogP contribution in [0.15, 0.2) is 42.6 Å². The highest BCUT2D eigenvalue weighted by Gasteiger charge is 2.29. The van der Waals surface area contributed by atoms with Crippen molar-refractivity contribution in [2.75, 3.05) is 43.6 Å². The zero-order valence-electron chi connectivity index (χ0n) is 17.3. The van der Waals surface area contributed by atoms with E-state index in [9.17, 15) is 14.9 Å². The fourth-order valence-electron chi connectivity index (χ4n) is 3.76. The van der Waals surface area contributed by atoms with Gasteiger partial charge < -0.3 is 19.7 Å². The number of hydrogen-bond acceptors (Lipinski definition) is 8. The van der Waals surface area contributed by atoms with Crippen LogP contribution in [-0.2, 0) is 9.47 Å². The van der Waals surface area contributed by atoms with E-state index >= 15 is 0 Å². The lowest BCUT2D eigenvalue weighted by Crippen LogP contribution is -2.36. The fraction of sp³-hybridized carbons (Fsp3) is 0.273. The molecule has 9 heteroatoms. The molecule has 0 saturated carbocycles. The maximum Gasteiger partial charge on any atom is 0.345 e. The van der Waals surface area contributed by atoms with Gasteiger partial charge in [0.05, 0.1) is 30.8 Å². The van der Waals surface area contributed by atoms with Crippen LogP contribution in [0.4, 0.5) is 22.7 Å². The number of nitrogens with one attached hydrogen (secondary N) is 1. The average Bonchev–Trinajstić information content (AvgIpc) is 2.79. The molecule has 2 heterocycles. The van der Waals surface area contributed by atoms with E-state index in [1.807, 2.05) is 30.0 Å². The molecule has 9 nitrogen and oxygen atoms in total. The van der Waals surface area contributed by atoms with Crippen LogP contribution in [-0.4, -0.2) is 49.3 Å². The molecule has 3 aromatic rings. The van der Waals surface area contributed by atoms with E-state index in [0.717, 1.165) is 16.5 Å². The van der Waals surface area contributed by atoms with Crippen molar-refractivity contribution >= 4 is 39.6 Å². The number of nitro groups is 1. The van der Waals surface area contributed by atoms with E-state index in [4.69, 9.17) is 9.47 Å². The summed E-state index contributed by atoms with van der Waals surface area (Å²) in [5.41, 5.74) is 2.91. The van der Waals surface area contributed by atoms with Crippen LogP contribution < -0.4 is 10.2 Å². The lowest BCUT2D eigenvalue weighted by atomic mass is 10.1. The quantitative estimate of drug-likeness (QED) is 0.376. The van der Waals surface area contributed by atoms with Crippen LogP contribution in [0.1, 0.15) is 15.9 Å². The Hall–Kier alpha value is -3.72. The van der Waals surface area contributed by atoms with E-state index in [-0.39, 0.29) is 16.9 Å². The predicted molar refractivity (Wildman–Crippen MR) is 117 cm³/mol. The topological polar surface area (TPSA) is 107 Å². The van der Waals surface area contributed by atoms with Gasteiger partial charge in [0.25, 0.3) is 0 Å². The lowest BCUT2D eigenvalue weighted by molar-refractivity contribution is -0.384. The Kier molecular flexibility index (Phi) is 5.68. The summed E-state index contributed by atoms with van der Waals surface area (Å²) in [5, 5.41) is 16.0. The Morgan fingerprint density at radius 2 is 2.00 bits per heavy atom. The van der Waals surface area contributed by atoms with Gasteiger partial charge >= 0.3 is 11.7 Å². The first-order valence-electron chi connectivity index (χ1n) is 9.84. The number of pyridine rings is 1. The summed E-state index contributed by atoms with van der Waals surface area (Å²) in [6, 6.07) is 10.7. The number of ether oxygens (including phenoxy) is 2. The molecule has 0 atom stereocenters. The van der Waals surface area contributed by atoms with Crippen molar-refractivity contribution in [2.45, 2.75) is 6.92 Å². The molecule has 4 rings (SSSR count). The molecule has 160 valence electrons. The molecule has 1 aliphatic rings. The Morgan fingerprint density at radius 3 is 2.71 bits per heavy atom. The number of nitrogens with zero attached hydrogens (tertiary/aromatic N) is 3. The predicted octanol–water partition coefficient (Wildman–Crippen LogP) is 3.82. The van der Waals surface area contributed by atoms with E-state index < -0.39 is 10.9 Å². The molecule has 0 bridgehead atoms. The maximum absolute atomic E-state index is 12.4. The van der Waals surface area contributed by atoms with Gasteiger partial charge in [-0.3, -0.25) is 15.1 Å². The number of carbonyl (C=O) groups excluding carboxylic acids is 1. The molecular formula is C22H22N4O5. The van der Waals surface area contributed by atoms with Crippen LogP contribution >= 0.6 is 0 Å². The summed E-state index contributed by atoms with van der Waals surface area (Å²) >= 11 is 0. The number of methoxy groups -OCH3 is 1. The minimum Gasteiger partial charge on any atom is -0.465 e. The average molecular weight is 422 g/mol. The SMILES string of the molecule is COC(=O)c1cc(N2CCOCC2)cc(Nc2ccnc3c(C)cccc23)c1[N+](=O)[O-]. The van der Waals surface area contributed by atoms with Crippen molar-refractivity contribution in [3.63, 3.8) is 0 Å². The number of aromatic nitrogens is 1. The third-order valence-electron chi connectivity index (χ3n) is 5.30. The maximum atomic E-state index is 12.4. The number of aryl methyl sites for hydroxylation is 1. The Morgan fingerprint density at radius 1 is 1.23 bits per heavy atom. The molecule has 2 aromatic carbocycles. The Balaban J connectivity index is 1.88. The van der Waals surface area contributed by atoms with Gasteiger partial charge in [-0.2, -0.15) is 0 Å². The number of para-hydroxylation sites is 1. The van der Waals surface area contributed by atoms with Gasteiger partial charge in [-0.05, 0) is 30.7 Å². The normalized spacial score (nSPS) is 13.8. The Labute approximate surface area is 178 Å². The summed E-state index contributed by atoms with van der Waals surface area (Å²) in [7, 11) is 1.21. The van der Waals surface area contributed by atoms with Crippen molar-refractivity contribution in [1.82, 2.24) is 4.98 Å². The van der Waals surface area contributed by atoms with Gasteiger partial charge in [0.1, 0.15) is 11.3 Å². The smallest absolute Gasteiger partial charge is 0.345 e. The summed E-state index contributed by atoms with van der Waals surface area (Å²) in [6.45, 7) is 4.28. The molecule has 1 N–H and O–H groups in total. The number of nitro benzene ring substituents is 1. The monoisotopic (exact) mass is 422 g/mol. The van der Waals surface area contributed by atoms with Crippen molar-refractivity contribution in [3.05, 3.63) is 63.8 Å². The Bertz CT molecular complexity index is 1160. The zero-order chi connectivity index (χ0) is 22.0. The summed E-state index contributed by atoms with van der Waals surface area (Å²) in [6.07, 6.45) is 1.65. The van der Waals surface area contributed by atoms with Gasteiger partial charge in [0.2, 0.25) is 0 Å². The van der Waals surface area contributed by atoms with E-state index in [1.165, 1.54) is 13.2 Å². The van der Waals surface area contributed by atoms with E-state index in [0.29, 0.717) is 37.7 Å². The molecule has 1 saturated heterocycles. The van der Waals surface area contributed by atoms with E-state index in [2.05, 4.69) is 10.3 Å². The van der Waals surface area contributed by atoms with Crippen molar-refractivity contribution < 1.29 is 19.2 Å². The molecule has 0 spiro atoms. The number of morpholine rings is 1. The molecule has 0 amide bonds. The number of hydrogen-bond donors (Lipinski definition) is 1. The minimum atomic E-state index is -0.764. The van der Waals surface area contributed by atoms with Crippen molar-refractivity contribution in [2.24, 2.45) is 0 Å². The summed E-state index contributed by atoms with van der Waals surface area (Å²) < 4.78 is 10.2. The van der Waals surface area contributed by atoms with Crippen molar-refractivity contribution in [1.29, 1.82) is 0 Å².